The van der Waals surface area contributed by atoms with Crippen LogP contribution in [0, 0.1) is 19.7 Å². The number of aryl methyl sites for hydroxylation is 2. The van der Waals surface area contributed by atoms with Crippen LogP contribution in [0.25, 0.3) is 0 Å². The van der Waals surface area contributed by atoms with Crippen LogP contribution in [0.2, 0.25) is 0 Å². The van der Waals surface area contributed by atoms with Crippen LogP contribution in [0.3, 0.4) is 0 Å². The van der Waals surface area contributed by atoms with Gasteiger partial charge in [0, 0.05) is 23.6 Å². The van der Waals surface area contributed by atoms with Gasteiger partial charge in [-0.1, -0.05) is 6.92 Å². The molecule has 2 aromatic heterocycles. The molecule has 0 unspecified atom stereocenters. The van der Waals surface area contributed by atoms with Gasteiger partial charge < -0.3 is 5.32 Å². The van der Waals surface area contributed by atoms with Crippen molar-refractivity contribution >= 4 is 28.8 Å². The molecule has 168 valence electrons. The van der Waals surface area contributed by atoms with Gasteiger partial charge in [0.1, 0.15) is 16.7 Å². The number of nitrogens with zero attached hydrogens (tertiary/aromatic N) is 3. The quantitative estimate of drug-likeness (QED) is 0.546. The zero-order valence-electron chi connectivity index (χ0n) is 18.8. The van der Waals surface area contributed by atoms with Gasteiger partial charge in [0.2, 0.25) is 5.91 Å². The van der Waals surface area contributed by atoms with Crippen LogP contribution >= 0.6 is 11.3 Å². The summed E-state index contributed by atoms with van der Waals surface area (Å²) in [5, 5.41) is 3.80. The summed E-state index contributed by atoms with van der Waals surface area (Å²) in [7, 11) is 0. The van der Waals surface area contributed by atoms with Crippen molar-refractivity contribution in [1.29, 1.82) is 0 Å². The number of benzene rings is 1. The minimum absolute atomic E-state index is 0.334. The summed E-state index contributed by atoms with van der Waals surface area (Å²) in [6.45, 7) is 9.42. The molecule has 2 amide bonds. The lowest BCUT2D eigenvalue weighted by Crippen LogP contribution is -2.50. The molecule has 6 nitrogen and oxygen atoms in total. The fourth-order valence-electron chi connectivity index (χ4n) is 3.28. The summed E-state index contributed by atoms with van der Waals surface area (Å²) >= 11 is 1.27. The van der Waals surface area contributed by atoms with Gasteiger partial charge in [-0.05, 0) is 76.1 Å². The third-order valence-corrected chi connectivity index (χ3v) is 6.36. The molecule has 8 heteroatoms. The predicted octanol–water partition coefficient (Wildman–Crippen LogP) is 4.99. The molecule has 3 rings (SSSR count). The highest BCUT2D eigenvalue weighted by atomic mass is 32.1. The van der Waals surface area contributed by atoms with Crippen LogP contribution in [0.5, 0.6) is 0 Å². The largest absolute Gasteiger partial charge is 0.349 e. The summed E-state index contributed by atoms with van der Waals surface area (Å²) in [6, 6.07) is 7.99. The Bertz CT molecular complexity index is 1100. The van der Waals surface area contributed by atoms with Crippen LogP contribution in [-0.4, -0.2) is 27.3 Å². The number of hydrogen-bond acceptors (Lipinski definition) is 5. The first-order valence-corrected chi connectivity index (χ1v) is 11.2. The molecular weight excluding hydrogens is 427 g/mol. The van der Waals surface area contributed by atoms with Crippen LogP contribution in [0.1, 0.15) is 59.2 Å². The first-order valence-electron chi connectivity index (χ1n) is 10.4. The average Bonchev–Trinajstić information content (AvgIpc) is 3.10. The summed E-state index contributed by atoms with van der Waals surface area (Å²) in [4.78, 5) is 37.7. The Labute approximate surface area is 191 Å². The predicted molar refractivity (Wildman–Crippen MR) is 124 cm³/mol. The number of amides is 2. The lowest BCUT2D eigenvalue weighted by molar-refractivity contribution is -0.124. The highest BCUT2D eigenvalue weighted by Gasteiger charge is 2.36. The van der Waals surface area contributed by atoms with E-state index >= 15 is 0 Å². The second kappa shape index (κ2) is 9.56. The van der Waals surface area contributed by atoms with Gasteiger partial charge >= 0.3 is 0 Å². The first kappa shape index (κ1) is 23.5. The van der Waals surface area contributed by atoms with Crippen molar-refractivity contribution in [2.75, 3.05) is 4.90 Å². The van der Waals surface area contributed by atoms with E-state index in [4.69, 9.17) is 0 Å². The van der Waals surface area contributed by atoms with Gasteiger partial charge in [-0.15, -0.1) is 11.3 Å². The van der Waals surface area contributed by atoms with Gasteiger partial charge in [-0.2, -0.15) is 0 Å². The van der Waals surface area contributed by atoms with Gasteiger partial charge in [0.15, 0.2) is 0 Å². The van der Waals surface area contributed by atoms with Gasteiger partial charge in [-0.3, -0.25) is 19.5 Å². The second-order valence-corrected chi connectivity index (χ2v) is 9.41. The molecule has 0 aliphatic carbocycles. The van der Waals surface area contributed by atoms with E-state index in [9.17, 15) is 14.0 Å². The van der Waals surface area contributed by atoms with Crippen molar-refractivity contribution in [3.63, 3.8) is 0 Å². The Morgan fingerprint density at radius 1 is 1.12 bits per heavy atom. The third kappa shape index (κ3) is 5.19. The minimum atomic E-state index is -0.983. The monoisotopic (exact) mass is 454 g/mol. The van der Waals surface area contributed by atoms with Crippen molar-refractivity contribution in [2.45, 2.75) is 52.6 Å². The number of carbonyl (C=O) groups is 2. The number of halogens is 1. The van der Waals surface area contributed by atoms with E-state index in [-0.39, 0.29) is 11.8 Å². The highest BCUT2D eigenvalue weighted by molar-refractivity contribution is 7.13. The molecule has 0 bridgehead atoms. The van der Waals surface area contributed by atoms with E-state index in [0.717, 1.165) is 5.01 Å². The lowest BCUT2D eigenvalue weighted by atomic mass is 9.98. The van der Waals surface area contributed by atoms with Crippen molar-refractivity contribution in [3.05, 3.63) is 75.8 Å². The fourth-order valence-corrected chi connectivity index (χ4v) is 4.14. The smallest absolute Gasteiger partial charge is 0.271 e. The molecule has 1 N–H and O–H groups in total. The average molecular weight is 455 g/mol. The van der Waals surface area contributed by atoms with E-state index in [1.54, 1.807) is 31.5 Å². The molecule has 0 fully saturated rings. The summed E-state index contributed by atoms with van der Waals surface area (Å²) in [5.41, 5.74) is 1.12. The molecule has 3 aromatic rings. The molecule has 2 heterocycles. The SMILES string of the molecule is CCC(C)(C)NC(=O)[C@H](c1ccncc1)N(C(=O)c1sc(C)nc1C)c1ccc(F)cc1. The van der Waals surface area contributed by atoms with Gasteiger partial charge in [-0.25, -0.2) is 9.37 Å². The maximum absolute atomic E-state index is 13.8. The Hall–Kier alpha value is -3.13. The van der Waals surface area contributed by atoms with Crippen molar-refractivity contribution in [1.82, 2.24) is 15.3 Å². The van der Waals surface area contributed by atoms with E-state index in [2.05, 4.69) is 15.3 Å². The number of anilines is 1. The first-order chi connectivity index (χ1) is 15.1. The number of aromatic nitrogens is 2. The molecule has 0 saturated carbocycles. The number of thiazole rings is 1. The van der Waals surface area contributed by atoms with Crippen LogP contribution in [-0.2, 0) is 4.79 Å². The Kier molecular flexibility index (Phi) is 7.03. The highest BCUT2D eigenvalue weighted by Crippen LogP contribution is 2.32. The summed E-state index contributed by atoms with van der Waals surface area (Å²) in [6.07, 6.45) is 3.87. The van der Waals surface area contributed by atoms with Crippen LogP contribution in [0.15, 0.2) is 48.8 Å². The Balaban J connectivity index is 2.18. The molecule has 32 heavy (non-hydrogen) atoms. The number of carbonyl (C=O) groups excluding carboxylic acids is 2. The van der Waals surface area contributed by atoms with E-state index in [1.165, 1.54) is 40.5 Å². The standard InChI is InChI=1S/C24H27FN4O2S/c1-6-24(4,5)28-22(30)20(17-11-13-26-14-12-17)29(19-9-7-18(25)8-10-19)23(31)21-15(2)27-16(3)32-21/h7-14,20H,6H2,1-5H3,(H,28,30)/t20-/m0/s1. The topological polar surface area (TPSA) is 75.2 Å². The molecular formula is C24H27FN4O2S. The van der Waals surface area contributed by atoms with Crippen LogP contribution in [0.4, 0.5) is 10.1 Å². The fraction of sp³-hybridized carbons (Fsp3) is 0.333. The molecule has 0 saturated heterocycles. The number of rotatable bonds is 7. The van der Waals surface area contributed by atoms with Gasteiger partial charge in [0.05, 0.1) is 10.7 Å². The second-order valence-electron chi connectivity index (χ2n) is 8.21. The Morgan fingerprint density at radius 2 is 1.75 bits per heavy atom. The molecule has 0 aliphatic rings. The number of pyridine rings is 1. The molecule has 1 aromatic carbocycles. The van der Waals surface area contributed by atoms with Gasteiger partial charge in [0.25, 0.3) is 5.91 Å². The number of hydrogen-bond donors (Lipinski definition) is 1. The maximum atomic E-state index is 13.8. The third-order valence-electron chi connectivity index (χ3n) is 5.30. The van der Waals surface area contributed by atoms with E-state index in [0.29, 0.717) is 28.2 Å². The van der Waals surface area contributed by atoms with Crippen molar-refractivity contribution in [3.8, 4) is 0 Å². The molecule has 0 spiro atoms. The molecule has 0 radical (unpaired) electrons. The summed E-state index contributed by atoms with van der Waals surface area (Å²) < 4.78 is 13.7. The van der Waals surface area contributed by atoms with Crippen molar-refractivity contribution < 1.29 is 14.0 Å². The van der Waals surface area contributed by atoms with E-state index < -0.39 is 17.4 Å². The zero-order chi connectivity index (χ0) is 23.5. The number of nitrogens with one attached hydrogen (secondary N) is 1. The lowest BCUT2D eigenvalue weighted by Gasteiger charge is -2.34. The maximum Gasteiger partial charge on any atom is 0.271 e. The zero-order valence-corrected chi connectivity index (χ0v) is 19.7. The molecule has 0 aliphatic heterocycles. The summed E-state index contributed by atoms with van der Waals surface area (Å²) in [5.74, 6) is -1.13. The van der Waals surface area contributed by atoms with E-state index in [1.807, 2.05) is 27.7 Å². The normalized spacial score (nSPS) is 12.3. The molecule has 1 atom stereocenters. The Morgan fingerprint density at radius 3 is 2.28 bits per heavy atom. The minimum Gasteiger partial charge on any atom is -0.349 e. The van der Waals surface area contributed by atoms with Crippen LogP contribution < -0.4 is 10.2 Å². The van der Waals surface area contributed by atoms with Crippen molar-refractivity contribution in [2.24, 2.45) is 0 Å².